The van der Waals surface area contributed by atoms with Crippen LogP contribution < -0.4 is 10.1 Å². The van der Waals surface area contributed by atoms with Crippen molar-refractivity contribution in [2.24, 2.45) is 7.05 Å². The van der Waals surface area contributed by atoms with Gasteiger partial charge in [0.05, 0.1) is 24.4 Å². The topological polar surface area (TPSA) is 71.9 Å². The standard InChI is InChI=1S/C15H16N4O2/c1-9-4-5-12(21-3)14-11(9)6-13(17-14)18-15(20)10-7-16-19(2)8-10/h4-8,17H,1-3H3,(H,18,20). The highest BCUT2D eigenvalue weighted by Crippen LogP contribution is 2.30. The summed E-state index contributed by atoms with van der Waals surface area (Å²) in [6, 6.07) is 5.80. The molecule has 2 heterocycles. The van der Waals surface area contributed by atoms with Gasteiger partial charge < -0.3 is 15.0 Å². The summed E-state index contributed by atoms with van der Waals surface area (Å²) >= 11 is 0. The molecule has 0 radical (unpaired) electrons. The minimum Gasteiger partial charge on any atom is -0.495 e. The number of nitrogens with one attached hydrogen (secondary N) is 2. The number of nitrogens with zero attached hydrogens (tertiary/aromatic N) is 2. The van der Waals surface area contributed by atoms with E-state index in [0.717, 1.165) is 22.2 Å². The summed E-state index contributed by atoms with van der Waals surface area (Å²) in [5.41, 5.74) is 2.50. The van der Waals surface area contributed by atoms with Crippen molar-refractivity contribution in [3.8, 4) is 5.75 Å². The number of benzene rings is 1. The van der Waals surface area contributed by atoms with Crippen LogP contribution in [0.2, 0.25) is 0 Å². The predicted octanol–water partition coefficient (Wildman–Crippen LogP) is 2.47. The lowest BCUT2D eigenvalue weighted by Crippen LogP contribution is -2.11. The summed E-state index contributed by atoms with van der Waals surface area (Å²) in [4.78, 5) is 15.3. The van der Waals surface area contributed by atoms with Crippen LogP contribution in [-0.2, 0) is 7.05 Å². The highest BCUT2D eigenvalue weighted by molar-refractivity contribution is 6.05. The third kappa shape index (κ3) is 2.35. The van der Waals surface area contributed by atoms with E-state index in [1.807, 2.05) is 25.1 Å². The fourth-order valence-corrected chi connectivity index (χ4v) is 2.30. The molecule has 0 aliphatic carbocycles. The zero-order valence-electron chi connectivity index (χ0n) is 12.1. The molecule has 3 aromatic rings. The second-order valence-electron chi connectivity index (χ2n) is 4.91. The minimum absolute atomic E-state index is 0.203. The Bertz CT molecular complexity index is 816. The van der Waals surface area contributed by atoms with Gasteiger partial charge in [0.25, 0.3) is 5.91 Å². The molecule has 0 aliphatic heterocycles. The summed E-state index contributed by atoms with van der Waals surface area (Å²) in [5, 5.41) is 7.85. The normalized spacial score (nSPS) is 10.8. The van der Waals surface area contributed by atoms with E-state index in [9.17, 15) is 4.79 Å². The largest absolute Gasteiger partial charge is 0.495 e. The van der Waals surface area contributed by atoms with Crippen molar-refractivity contribution in [3.05, 3.63) is 41.7 Å². The van der Waals surface area contributed by atoms with Gasteiger partial charge in [0, 0.05) is 18.6 Å². The molecular formula is C15H16N4O2. The number of carbonyl (C=O) groups excluding carboxylic acids is 1. The van der Waals surface area contributed by atoms with Gasteiger partial charge >= 0.3 is 0 Å². The van der Waals surface area contributed by atoms with E-state index in [1.54, 1.807) is 25.0 Å². The lowest BCUT2D eigenvalue weighted by atomic mass is 10.1. The van der Waals surface area contributed by atoms with Crippen LogP contribution >= 0.6 is 0 Å². The second-order valence-corrected chi connectivity index (χ2v) is 4.91. The molecule has 0 unspecified atom stereocenters. The first kappa shape index (κ1) is 13.2. The van der Waals surface area contributed by atoms with Gasteiger partial charge in [-0.3, -0.25) is 9.48 Å². The Labute approximate surface area is 121 Å². The number of hydrogen-bond donors (Lipinski definition) is 2. The van der Waals surface area contributed by atoms with Gasteiger partial charge in [-0.15, -0.1) is 0 Å². The number of rotatable bonds is 3. The van der Waals surface area contributed by atoms with Crippen LogP contribution in [0.15, 0.2) is 30.6 Å². The van der Waals surface area contributed by atoms with E-state index in [4.69, 9.17) is 4.74 Å². The first-order chi connectivity index (χ1) is 10.1. The fourth-order valence-electron chi connectivity index (χ4n) is 2.30. The molecule has 0 atom stereocenters. The number of aromatic amines is 1. The molecule has 0 spiro atoms. The van der Waals surface area contributed by atoms with Crippen molar-refractivity contribution in [1.82, 2.24) is 14.8 Å². The summed E-state index contributed by atoms with van der Waals surface area (Å²) in [7, 11) is 3.40. The first-order valence-electron chi connectivity index (χ1n) is 6.55. The first-order valence-corrected chi connectivity index (χ1v) is 6.55. The maximum absolute atomic E-state index is 12.1. The average molecular weight is 284 g/mol. The summed E-state index contributed by atoms with van der Waals surface area (Å²) in [6.07, 6.45) is 3.20. The summed E-state index contributed by atoms with van der Waals surface area (Å²) in [6.45, 7) is 2.02. The van der Waals surface area contributed by atoms with Crippen LogP contribution in [0.1, 0.15) is 15.9 Å². The van der Waals surface area contributed by atoms with Gasteiger partial charge in [-0.25, -0.2) is 0 Å². The van der Waals surface area contributed by atoms with E-state index in [0.29, 0.717) is 11.4 Å². The number of H-pyrrole nitrogens is 1. The number of amides is 1. The highest BCUT2D eigenvalue weighted by atomic mass is 16.5. The number of carbonyl (C=O) groups is 1. The van der Waals surface area contributed by atoms with Gasteiger partial charge in [0.1, 0.15) is 11.6 Å². The molecule has 2 aromatic heterocycles. The predicted molar refractivity (Wildman–Crippen MR) is 80.7 cm³/mol. The quantitative estimate of drug-likeness (QED) is 0.776. The molecule has 6 nitrogen and oxygen atoms in total. The van der Waals surface area contributed by atoms with Crippen molar-refractivity contribution >= 4 is 22.6 Å². The SMILES string of the molecule is COc1ccc(C)c2cc(NC(=O)c3cnn(C)c3)[nH]c12. The van der Waals surface area contributed by atoms with Crippen LogP contribution in [-0.4, -0.2) is 27.8 Å². The monoisotopic (exact) mass is 284 g/mol. The maximum atomic E-state index is 12.1. The number of aromatic nitrogens is 3. The van der Waals surface area contributed by atoms with Crippen molar-refractivity contribution in [1.29, 1.82) is 0 Å². The van der Waals surface area contributed by atoms with E-state index >= 15 is 0 Å². The van der Waals surface area contributed by atoms with E-state index < -0.39 is 0 Å². The Kier molecular flexibility index (Phi) is 3.13. The number of fused-ring (bicyclic) bond motifs is 1. The van der Waals surface area contributed by atoms with Crippen molar-refractivity contribution < 1.29 is 9.53 Å². The van der Waals surface area contributed by atoms with Crippen molar-refractivity contribution in [3.63, 3.8) is 0 Å². The van der Waals surface area contributed by atoms with Gasteiger partial charge in [-0.05, 0) is 24.6 Å². The number of aryl methyl sites for hydroxylation is 2. The van der Waals surface area contributed by atoms with Crippen LogP contribution in [0, 0.1) is 6.92 Å². The Morgan fingerprint density at radius 2 is 2.24 bits per heavy atom. The molecule has 6 heteroatoms. The summed E-state index contributed by atoms with van der Waals surface area (Å²) in [5.74, 6) is 1.18. The highest BCUT2D eigenvalue weighted by Gasteiger charge is 2.12. The average Bonchev–Trinajstić information content (AvgIpc) is 3.06. The van der Waals surface area contributed by atoms with Crippen LogP contribution in [0.5, 0.6) is 5.75 Å². The van der Waals surface area contributed by atoms with Crippen LogP contribution in [0.25, 0.3) is 10.9 Å². The van der Waals surface area contributed by atoms with Crippen LogP contribution in [0.3, 0.4) is 0 Å². The fraction of sp³-hybridized carbons (Fsp3) is 0.200. The Morgan fingerprint density at radius 3 is 2.90 bits per heavy atom. The molecule has 0 fully saturated rings. The van der Waals surface area contributed by atoms with Gasteiger partial charge in [0.2, 0.25) is 0 Å². The number of ether oxygens (including phenoxy) is 1. The third-order valence-electron chi connectivity index (χ3n) is 3.41. The molecule has 108 valence electrons. The molecule has 0 aliphatic rings. The zero-order valence-corrected chi connectivity index (χ0v) is 12.1. The number of anilines is 1. The molecule has 0 bridgehead atoms. The van der Waals surface area contributed by atoms with E-state index in [1.165, 1.54) is 6.20 Å². The smallest absolute Gasteiger partial charge is 0.259 e. The zero-order chi connectivity index (χ0) is 15.0. The van der Waals surface area contributed by atoms with Gasteiger partial charge in [0.15, 0.2) is 0 Å². The summed E-state index contributed by atoms with van der Waals surface area (Å²) < 4.78 is 6.92. The molecule has 0 saturated heterocycles. The lowest BCUT2D eigenvalue weighted by molar-refractivity contribution is 0.102. The van der Waals surface area contributed by atoms with E-state index in [2.05, 4.69) is 15.4 Å². The molecule has 1 aromatic carbocycles. The number of hydrogen-bond acceptors (Lipinski definition) is 3. The Balaban J connectivity index is 1.94. The van der Waals surface area contributed by atoms with Gasteiger partial charge in [-0.1, -0.05) is 6.07 Å². The Hall–Kier alpha value is -2.76. The third-order valence-corrected chi connectivity index (χ3v) is 3.41. The molecule has 0 saturated carbocycles. The van der Waals surface area contributed by atoms with Crippen molar-refractivity contribution in [2.45, 2.75) is 6.92 Å². The Morgan fingerprint density at radius 1 is 1.43 bits per heavy atom. The maximum Gasteiger partial charge on any atom is 0.259 e. The second kappa shape index (κ2) is 4.97. The van der Waals surface area contributed by atoms with Gasteiger partial charge in [-0.2, -0.15) is 5.10 Å². The molecule has 3 rings (SSSR count). The molecular weight excluding hydrogens is 268 g/mol. The van der Waals surface area contributed by atoms with Crippen LogP contribution in [0.4, 0.5) is 5.82 Å². The van der Waals surface area contributed by atoms with E-state index in [-0.39, 0.29) is 5.91 Å². The molecule has 21 heavy (non-hydrogen) atoms. The minimum atomic E-state index is -0.203. The molecule has 2 N–H and O–H groups in total. The van der Waals surface area contributed by atoms with Crippen molar-refractivity contribution in [2.75, 3.05) is 12.4 Å². The molecule has 1 amide bonds. The lowest BCUT2D eigenvalue weighted by Gasteiger charge is -2.02. The number of methoxy groups -OCH3 is 1.